The number of nitrogens with zero attached hydrogens (tertiary/aromatic N) is 2. The highest BCUT2D eigenvalue weighted by molar-refractivity contribution is 8.02. The zero-order valence-electron chi connectivity index (χ0n) is 13.9. The number of fused-ring (bicyclic) bond motifs is 1. The second kappa shape index (κ2) is 6.22. The summed E-state index contributed by atoms with van der Waals surface area (Å²) in [6, 6.07) is 3.76. The second-order valence-corrected chi connectivity index (χ2v) is 7.41. The molecular formula is C17H21N2O4S+. The van der Waals surface area contributed by atoms with Gasteiger partial charge in [-0.05, 0) is 13.0 Å². The van der Waals surface area contributed by atoms with E-state index in [0.717, 1.165) is 16.2 Å². The minimum Gasteiger partial charge on any atom is -0.477 e. The van der Waals surface area contributed by atoms with Crippen LogP contribution >= 0.6 is 11.8 Å². The maximum Gasteiger partial charge on any atom is 0.353 e. The fourth-order valence-corrected chi connectivity index (χ4v) is 4.67. The number of β-lactam (4-membered cyclic amide) rings is 1. The molecule has 0 spiro atoms. The topological polar surface area (TPSA) is 81.7 Å². The van der Waals surface area contributed by atoms with Gasteiger partial charge >= 0.3 is 5.97 Å². The van der Waals surface area contributed by atoms with E-state index in [1.165, 1.54) is 16.7 Å². The Labute approximate surface area is 144 Å². The minimum atomic E-state index is -1.08. The molecule has 6 nitrogen and oxygen atoms in total. The number of pyridine rings is 1. The van der Waals surface area contributed by atoms with Gasteiger partial charge in [-0.1, -0.05) is 0 Å². The number of carbonyl (C=O) groups excluding carboxylic acids is 1. The van der Waals surface area contributed by atoms with E-state index in [0.29, 0.717) is 12.2 Å². The van der Waals surface area contributed by atoms with Crippen LogP contribution in [0.1, 0.15) is 24.6 Å². The molecule has 3 atom stereocenters. The van der Waals surface area contributed by atoms with E-state index in [-0.39, 0.29) is 17.6 Å². The SMILES string of the molecule is Cc1c(CSC2=C(C(=O)O)N3C(=O)[C@H](C(C)O)C3C2)ccc[n+]1C. The molecule has 0 aromatic carbocycles. The van der Waals surface area contributed by atoms with E-state index >= 15 is 0 Å². The van der Waals surface area contributed by atoms with Crippen molar-refractivity contribution >= 4 is 23.6 Å². The summed E-state index contributed by atoms with van der Waals surface area (Å²) >= 11 is 1.47. The van der Waals surface area contributed by atoms with Crippen LogP contribution in [0.4, 0.5) is 0 Å². The third-order valence-corrected chi connectivity index (χ3v) is 6.06. The molecule has 1 amide bonds. The van der Waals surface area contributed by atoms with Crippen molar-refractivity contribution in [3.05, 3.63) is 40.2 Å². The lowest BCUT2D eigenvalue weighted by molar-refractivity contribution is -0.678. The summed E-state index contributed by atoms with van der Waals surface area (Å²) in [5.41, 5.74) is 2.35. The van der Waals surface area contributed by atoms with Crippen molar-refractivity contribution in [2.45, 2.75) is 38.2 Å². The number of aliphatic hydroxyl groups is 1. The average molecular weight is 349 g/mol. The maximum absolute atomic E-state index is 12.2. The van der Waals surface area contributed by atoms with E-state index in [1.807, 2.05) is 36.9 Å². The lowest BCUT2D eigenvalue weighted by Crippen LogP contribution is -2.61. The molecule has 3 rings (SSSR count). The number of hydrogen-bond donors (Lipinski definition) is 2. The number of carboxylic acid groups (broad SMARTS) is 1. The van der Waals surface area contributed by atoms with Gasteiger partial charge in [0.25, 0.3) is 0 Å². The Bertz CT molecular complexity index is 744. The zero-order chi connectivity index (χ0) is 17.6. The predicted octanol–water partition coefficient (Wildman–Crippen LogP) is 0.960. The molecule has 2 unspecified atom stereocenters. The maximum atomic E-state index is 12.2. The third kappa shape index (κ3) is 2.61. The monoisotopic (exact) mass is 349 g/mol. The summed E-state index contributed by atoms with van der Waals surface area (Å²) in [5, 5.41) is 19.3. The molecule has 0 radical (unpaired) electrons. The Morgan fingerprint density at radius 3 is 2.88 bits per heavy atom. The van der Waals surface area contributed by atoms with Gasteiger partial charge in [0, 0.05) is 35.6 Å². The number of aliphatic hydroxyl groups excluding tert-OH is 1. The van der Waals surface area contributed by atoms with E-state index in [4.69, 9.17) is 0 Å². The van der Waals surface area contributed by atoms with Crippen molar-refractivity contribution in [3.8, 4) is 0 Å². The molecular weight excluding hydrogens is 328 g/mol. The summed E-state index contributed by atoms with van der Waals surface area (Å²) in [7, 11) is 1.97. The number of hydrogen-bond acceptors (Lipinski definition) is 4. The van der Waals surface area contributed by atoms with Crippen LogP contribution in [0.15, 0.2) is 28.9 Å². The van der Waals surface area contributed by atoms with Crippen molar-refractivity contribution in [1.29, 1.82) is 0 Å². The molecule has 0 saturated carbocycles. The molecule has 2 N–H and O–H groups in total. The Kier molecular flexibility index (Phi) is 4.40. The molecule has 2 aliphatic heterocycles. The third-order valence-electron chi connectivity index (χ3n) is 4.89. The zero-order valence-corrected chi connectivity index (χ0v) is 14.7. The number of rotatable bonds is 5. The molecule has 24 heavy (non-hydrogen) atoms. The van der Waals surface area contributed by atoms with Crippen LogP contribution < -0.4 is 4.57 Å². The average Bonchev–Trinajstić information content (AvgIpc) is 2.83. The Morgan fingerprint density at radius 2 is 2.25 bits per heavy atom. The number of carbonyl (C=O) groups is 2. The Hall–Kier alpha value is -1.86. The standard InChI is InChI=1S/C17H20N2O4S/c1-9-11(5-4-6-18(9)3)8-24-13-7-12-14(10(2)20)16(21)19(12)15(13)17(22)23/h4-6,10,12,14,20H,7-8H2,1-3H3/p+1/t10?,12?,14-/m1/s1. The minimum absolute atomic E-state index is 0.0878. The van der Waals surface area contributed by atoms with Crippen LogP contribution in [0, 0.1) is 12.8 Å². The first-order valence-electron chi connectivity index (χ1n) is 7.87. The van der Waals surface area contributed by atoms with Gasteiger partial charge in [0.2, 0.25) is 5.91 Å². The quantitative estimate of drug-likeness (QED) is 0.611. The van der Waals surface area contributed by atoms with Crippen molar-refractivity contribution in [3.63, 3.8) is 0 Å². The van der Waals surface area contributed by atoms with E-state index < -0.39 is 18.0 Å². The predicted molar refractivity (Wildman–Crippen MR) is 88.7 cm³/mol. The summed E-state index contributed by atoms with van der Waals surface area (Å²) in [5.74, 6) is -1.20. The first kappa shape index (κ1) is 17.0. The Morgan fingerprint density at radius 1 is 1.54 bits per heavy atom. The lowest BCUT2D eigenvalue weighted by Gasteiger charge is -2.44. The molecule has 0 bridgehead atoms. The van der Waals surface area contributed by atoms with Gasteiger partial charge in [-0.15, -0.1) is 11.8 Å². The van der Waals surface area contributed by atoms with Crippen LogP contribution in [-0.2, 0) is 22.4 Å². The van der Waals surface area contributed by atoms with Gasteiger partial charge in [-0.25, -0.2) is 9.36 Å². The van der Waals surface area contributed by atoms with Crippen molar-refractivity contribution in [2.24, 2.45) is 13.0 Å². The highest BCUT2D eigenvalue weighted by Crippen LogP contribution is 2.47. The number of thioether (sulfide) groups is 1. The van der Waals surface area contributed by atoms with E-state index in [9.17, 15) is 19.8 Å². The second-order valence-electron chi connectivity index (χ2n) is 6.34. The number of aryl methyl sites for hydroxylation is 1. The summed E-state index contributed by atoms with van der Waals surface area (Å²) in [6.07, 6.45) is 1.72. The van der Waals surface area contributed by atoms with Gasteiger partial charge in [0.1, 0.15) is 12.7 Å². The van der Waals surface area contributed by atoms with Crippen molar-refractivity contribution in [2.75, 3.05) is 0 Å². The van der Waals surface area contributed by atoms with Crippen LogP contribution in [0.3, 0.4) is 0 Å². The largest absolute Gasteiger partial charge is 0.477 e. The Balaban J connectivity index is 1.81. The molecule has 1 fully saturated rings. The summed E-state index contributed by atoms with van der Waals surface area (Å²) in [4.78, 5) is 25.9. The summed E-state index contributed by atoms with van der Waals surface area (Å²) in [6.45, 7) is 3.61. The number of amides is 1. The molecule has 1 saturated heterocycles. The fraction of sp³-hybridized carbons (Fsp3) is 0.471. The van der Waals surface area contributed by atoms with Crippen LogP contribution in [0.25, 0.3) is 0 Å². The normalized spacial score (nSPS) is 24.0. The highest BCUT2D eigenvalue weighted by Gasteiger charge is 2.56. The molecule has 1 aromatic heterocycles. The molecule has 3 heterocycles. The first-order valence-corrected chi connectivity index (χ1v) is 8.86. The van der Waals surface area contributed by atoms with Crippen LogP contribution in [-0.4, -0.2) is 39.1 Å². The lowest BCUT2D eigenvalue weighted by atomic mass is 9.83. The number of aliphatic carboxylic acids is 1. The van der Waals surface area contributed by atoms with Gasteiger partial charge in [-0.2, -0.15) is 0 Å². The van der Waals surface area contributed by atoms with Crippen LogP contribution in [0.2, 0.25) is 0 Å². The molecule has 128 valence electrons. The number of carboxylic acids is 1. The molecule has 1 aromatic rings. The van der Waals surface area contributed by atoms with E-state index in [1.54, 1.807) is 6.92 Å². The van der Waals surface area contributed by atoms with Crippen molar-refractivity contribution < 1.29 is 24.4 Å². The molecule has 2 aliphatic rings. The van der Waals surface area contributed by atoms with Crippen LogP contribution in [0.5, 0.6) is 0 Å². The van der Waals surface area contributed by atoms with Gasteiger partial charge in [-0.3, -0.25) is 4.79 Å². The summed E-state index contributed by atoms with van der Waals surface area (Å²) < 4.78 is 2.03. The van der Waals surface area contributed by atoms with Crippen molar-refractivity contribution in [1.82, 2.24) is 4.90 Å². The van der Waals surface area contributed by atoms with E-state index in [2.05, 4.69) is 0 Å². The smallest absolute Gasteiger partial charge is 0.353 e. The highest BCUT2D eigenvalue weighted by atomic mass is 32.2. The first-order chi connectivity index (χ1) is 11.3. The van der Waals surface area contributed by atoms with Gasteiger partial charge < -0.3 is 15.1 Å². The molecule has 7 heteroatoms. The van der Waals surface area contributed by atoms with Gasteiger partial charge in [0.05, 0.1) is 18.1 Å². The number of aromatic nitrogens is 1. The van der Waals surface area contributed by atoms with Gasteiger partial charge in [0.15, 0.2) is 11.9 Å². The molecule has 0 aliphatic carbocycles. The fourth-order valence-electron chi connectivity index (χ4n) is 3.42.